The van der Waals surface area contributed by atoms with Crippen LogP contribution in [0.15, 0.2) is 24.3 Å². The Bertz CT molecular complexity index is 886. The van der Waals surface area contributed by atoms with Crippen molar-refractivity contribution in [3.8, 4) is 0 Å². The standard InChI is InChI=1S/C25H35N3O7/c29-14-3-2-9-28-21-23(31)27(11-10-26-12-16-33-17-13-26)8-5-7-25(21)20(22(28)30)19-18(35-25)6-1-4-15-34-24(19)32/h1,5-7,18-21,29H,2-4,8-17H2/t18-,19+,20+,21?,25+/m1/s1. The van der Waals surface area contributed by atoms with Gasteiger partial charge in [-0.05, 0) is 19.3 Å². The number of esters is 1. The van der Waals surface area contributed by atoms with Crippen molar-refractivity contribution >= 4 is 17.8 Å². The van der Waals surface area contributed by atoms with Gasteiger partial charge in [-0.3, -0.25) is 19.3 Å². The highest BCUT2D eigenvalue weighted by Crippen LogP contribution is 2.53. The van der Waals surface area contributed by atoms with Gasteiger partial charge in [-0.25, -0.2) is 0 Å². The molecule has 0 aromatic rings. The number of aliphatic hydroxyl groups excluding tert-OH is 1. The summed E-state index contributed by atoms with van der Waals surface area (Å²) in [6, 6.07) is -0.850. The van der Waals surface area contributed by atoms with Gasteiger partial charge in [0.2, 0.25) is 11.8 Å². The van der Waals surface area contributed by atoms with E-state index in [1.165, 1.54) is 0 Å². The summed E-state index contributed by atoms with van der Waals surface area (Å²) in [6.45, 7) is 5.33. The molecule has 0 aromatic heterocycles. The first-order valence-electron chi connectivity index (χ1n) is 12.8. The topological polar surface area (TPSA) is 109 Å². The number of carbonyl (C=O) groups excluding carboxylic acids is 3. The van der Waals surface area contributed by atoms with E-state index in [0.717, 1.165) is 19.6 Å². The number of cyclic esters (lactones) is 1. The van der Waals surface area contributed by atoms with E-state index in [1.807, 2.05) is 24.3 Å². The first-order valence-corrected chi connectivity index (χ1v) is 12.8. The highest BCUT2D eigenvalue weighted by atomic mass is 16.6. The number of morpholine rings is 1. The third kappa shape index (κ3) is 4.41. The fraction of sp³-hybridized carbons (Fsp3) is 0.720. The van der Waals surface area contributed by atoms with Gasteiger partial charge in [0.25, 0.3) is 0 Å². The SMILES string of the molecule is O=C1OCCC=C[C@H]2O[C@]34C=CCN(CCN5CCOCC5)C(=O)C3N(CCCCO)C(=O)[C@@H]4[C@@H]12. The van der Waals surface area contributed by atoms with E-state index in [1.54, 1.807) is 9.80 Å². The predicted octanol–water partition coefficient (Wildman–Crippen LogP) is -0.427. The molecule has 10 nitrogen and oxygen atoms in total. The normalized spacial score (nSPS) is 35.3. The van der Waals surface area contributed by atoms with Crippen LogP contribution in [0.4, 0.5) is 0 Å². The summed E-state index contributed by atoms with van der Waals surface area (Å²) < 4.78 is 17.4. The zero-order chi connectivity index (χ0) is 24.4. The summed E-state index contributed by atoms with van der Waals surface area (Å²) in [5.74, 6) is -2.46. The van der Waals surface area contributed by atoms with Gasteiger partial charge in [-0.2, -0.15) is 0 Å². The average molecular weight is 490 g/mol. The lowest BCUT2D eigenvalue weighted by Gasteiger charge is -2.36. The Hall–Kier alpha value is -2.27. The summed E-state index contributed by atoms with van der Waals surface area (Å²) in [7, 11) is 0. The van der Waals surface area contributed by atoms with E-state index >= 15 is 0 Å². The number of aliphatic hydroxyl groups is 1. The molecular weight excluding hydrogens is 454 g/mol. The van der Waals surface area contributed by atoms with Crippen molar-refractivity contribution in [3.05, 3.63) is 24.3 Å². The van der Waals surface area contributed by atoms with E-state index < -0.39 is 35.6 Å². The number of rotatable bonds is 7. The highest BCUT2D eigenvalue weighted by Gasteiger charge is 2.71. The van der Waals surface area contributed by atoms with Crippen LogP contribution in [0.2, 0.25) is 0 Å². The smallest absolute Gasteiger partial charge is 0.312 e. The minimum Gasteiger partial charge on any atom is -0.465 e. The maximum atomic E-state index is 14.0. The van der Waals surface area contributed by atoms with Crippen molar-refractivity contribution in [3.63, 3.8) is 0 Å². The zero-order valence-corrected chi connectivity index (χ0v) is 20.0. The van der Waals surface area contributed by atoms with Gasteiger partial charge in [0, 0.05) is 45.9 Å². The minimum atomic E-state index is -1.22. The van der Waals surface area contributed by atoms with Crippen molar-refractivity contribution < 1.29 is 33.7 Å². The molecule has 0 aromatic carbocycles. The zero-order valence-electron chi connectivity index (χ0n) is 20.0. The lowest BCUT2D eigenvalue weighted by molar-refractivity contribution is -0.155. The number of likely N-dealkylation sites (tertiary alicyclic amines) is 1. The van der Waals surface area contributed by atoms with Crippen molar-refractivity contribution in [1.29, 1.82) is 0 Å². The number of carbonyl (C=O) groups is 3. The van der Waals surface area contributed by atoms with Gasteiger partial charge in [0.05, 0.1) is 31.8 Å². The van der Waals surface area contributed by atoms with E-state index in [4.69, 9.17) is 14.2 Å². The molecule has 3 saturated heterocycles. The summed E-state index contributed by atoms with van der Waals surface area (Å²) >= 11 is 0. The van der Waals surface area contributed by atoms with Gasteiger partial charge in [0.1, 0.15) is 17.6 Å². The molecule has 192 valence electrons. The Morgan fingerprint density at radius 2 is 1.83 bits per heavy atom. The molecule has 5 rings (SSSR count). The molecule has 3 fully saturated rings. The van der Waals surface area contributed by atoms with Crippen molar-refractivity contribution in [2.45, 2.75) is 37.0 Å². The van der Waals surface area contributed by atoms with Gasteiger partial charge in [-0.1, -0.05) is 24.3 Å². The first-order chi connectivity index (χ1) is 17.1. The summed E-state index contributed by atoms with van der Waals surface area (Å²) in [5.41, 5.74) is -1.22. The molecule has 2 amide bonds. The highest BCUT2D eigenvalue weighted by molar-refractivity contribution is 5.99. The number of ether oxygens (including phenoxy) is 3. The van der Waals surface area contributed by atoms with Crippen LogP contribution in [0.25, 0.3) is 0 Å². The second-order valence-corrected chi connectivity index (χ2v) is 9.83. The number of nitrogens with zero attached hydrogens (tertiary/aromatic N) is 3. The molecule has 5 aliphatic rings. The Labute approximate surface area is 205 Å². The molecule has 0 saturated carbocycles. The third-order valence-corrected chi connectivity index (χ3v) is 7.80. The number of hydrogen-bond acceptors (Lipinski definition) is 8. The van der Waals surface area contributed by atoms with Gasteiger partial charge in [0.15, 0.2) is 0 Å². The molecule has 10 heteroatoms. The van der Waals surface area contributed by atoms with Crippen molar-refractivity contribution in [1.82, 2.24) is 14.7 Å². The predicted molar refractivity (Wildman–Crippen MR) is 124 cm³/mol. The third-order valence-electron chi connectivity index (χ3n) is 7.80. The Kier molecular flexibility index (Phi) is 7.24. The Morgan fingerprint density at radius 3 is 2.63 bits per heavy atom. The molecule has 1 spiro atoms. The van der Waals surface area contributed by atoms with Crippen LogP contribution in [0.1, 0.15) is 19.3 Å². The van der Waals surface area contributed by atoms with E-state index in [0.29, 0.717) is 52.1 Å². The van der Waals surface area contributed by atoms with Crippen LogP contribution in [-0.2, 0) is 28.6 Å². The second-order valence-electron chi connectivity index (χ2n) is 9.83. The van der Waals surface area contributed by atoms with Gasteiger partial charge in [-0.15, -0.1) is 0 Å². The largest absolute Gasteiger partial charge is 0.465 e. The number of hydrogen-bond donors (Lipinski definition) is 1. The van der Waals surface area contributed by atoms with E-state index in [-0.39, 0.29) is 25.0 Å². The molecule has 5 heterocycles. The summed E-state index contributed by atoms with van der Waals surface area (Å²) in [4.78, 5) is 46.5. The van der Waals surface area contributed by atoms with Crippen LogP contribution in [0, 0.1) is 11.8 Å². The molecule has 5 atom stereocenters. The number of fused-ring (bicyclic) bond motifs is 2. The van der Waals surface area contributed by atoms with Crippen molar-refractivity contribution in [2.75, 3.05) is 65.7 Å². The first kappa shape index (κ1) is 24.4. The van der Waals surface area contributed by atoms with Crippen molar-refractivity contribution in [2.24, 2.45) is 11.8 Å². The van der Waals surface area contributed by atoms with Crippen LogP contribution < -0.4 is 0 Å². The maximum Gasteiger partial charge on any atom is 0.312 e. The monoisotopic (exact) mass is 489 g/mol. The fourth-order valence-electron chi connectivity index (χ4n) is 6.08. The second kappa shape index (κ2) is 10.4. The van der Waals surface area contributed by atoms with E-state index in [9.17, 15) is 19.5 Å². The summed E-state index contributed by atoms with van der Waals surface area (Å²) in [6.07, 6.45) is 8.57. The maximum absolute atomic E-state index is 14.0. The molecule has 0 aliphatic carbocycles. The molecule has 1 N–H and O–H groups in total. The van der Waals surface area contributed by atoms with Gasteiger partial charge >= 0.3 is 5.97 Å². The molecule has 0 radical (unpaired) electrons. The number of unbranched alkanes of at least 4 members (excludes halogenated alkanes) is 1. The van der Waals surface area contributed by atoms with Crippen LogP contribution >= 0.6 is 0 Å². The lowest BCUT2D eigenvalue weighted by atomic mass is 9.77. The average Bonchev–Trinajstić information content (AvgIpc) is 3.23. The molecule has 0 bridgehead atoms. The lowest BCUT2D eigenvalue weighted by Crippen LogP contribution is -2.56. The molecule has 35 heavy (non-hydrogen) atoms. The van der Waals surface area contributed by atoms with E-state index in [2.05, 4.69) is 4.90 Å². The Morgan fingerprint density at radius 1 is 1.00 bits per heavy atom. The fourth-order valence-corrected chi connectivity index (χ4v) is 6.08. The quantitative estimate of drug-likeness (QED) is 0.292. The molecule has 1 unspecified atom stereocenters. The van der Waals surface area contributed by atoms with Crippen LogP contribution in [0.5, 0.6) is 0 Å². The summed E-state index contributed by atoms with van der Waals surface area (Å²) in [5, 5.41) is 9.28. The molecule has 5 aliphatic heterocycles. The Balaban J connectivity index is 1.45. The van der Waals surface area contributed by atoms with Gasteiger partial charge < -0.3 is 29.1 Å². The minimum absolute atomic E-state index is 0.0130. The molecular formula is C25H35N3O7. The number of amides is 2. The van der Waals surface area contributed by atoms with Crippen LogP contribution in [0.3, 0.4) is 0 Å². The van der Waals surface area contributed by atoms with Crippen LogP contribution in [-0.4, -0.2) is 121 Å².